The molecule has 0 unspecified atom stereocenters. The van der Waals surface area contributed by atoms with E-state index in [-0.39, 0.29) is 12.4 Å². The lowest BCUT2D eigenvalue weighted by Gasteiger charge is -2.06. The van der Waals surface area contributed by atoms with E-state index in [0.29, 0.717) is 25.4 Å². The number of ether oxygens (including phenoxy) is 1. The van der Waals surface area contributed by atoms with Crippen molar-refractivity contribution in [2.75, 3.05) is 26.3 Å². The van der Waals surface area contributed by atoms with Crippen LogP contribution in [0, 0.1) is 5.82 Å². The van der Waals surface area contributed by atoms with Crippen molar-refractivity contribution in [2.45, 2.75) is 0 Å². The predicted octanol–water partition coefficient (Wildman–Crippen LogP) is 0.786. The molecule has 0 heterocycles. The Morgan fingerprint density at radius 1 is 1.36 bits per heavy atom. The van der Waals surface area contributed by atoms with Crippen molar-refractivity contribution < 1.29 is 14.2 Å². The van der Waals surface area contributed by atoms with Crippen LogP contribution >= 0.6 is 0 Å². The SMILES string of the molecule is OCCNCCOc1cccc(F)c1. The van der Waals surface area contributed by atoms with Gasteiger partial charge in [0.05, 0.1) is 6.61 Å². The smallest absolute Gasteiger partial charge is 0.126 e. The van der Waals surface area contributed by atoms with Crippen molar-refractivity contribution in [2.24, 2.45) is 0 Å². The highest BCUT2D eigenvalue weighted by atomic mass is 19.1. The van der Waals surface area contributed by atoms with E-state index in [1.54, 1.807) is 12.1 Å². The largest absolute Gasteiger partial charge is 0.492 e. The molecule has 2 N–H and O–H groups in total. The van der Waals surface area contributed by atoms with Gasteiger partial charge in [-0.25, -0.2) is 4.39 Å². The van der Waals surface area contributed by atoms with Crippen molar-refractivity contribution in [3.8, 4) is 5.75 Å². The van der Waals surface area contributed by atoms with E-state index >= 15 is 0 Å². The topological polar surface area (TPSA) is 41.5 Å². The summed E-state index contributed by atoms with van der Waals surface area (Å²) in [6.07, 6.45) is 0. The molecule has 78 valence electrons. The lowest BCUT2D eigenvalue weighted by Crippen LogP contribution is -2.23. The Morgan fingerprint density at radius 3 is 2.93 bits per heavy atom. The number of hydrogen-bond donors (Lipinski definition) is 2. The monoisotopic (exact) mass is 199 g/mol. The van der Waals surface area contributed by atoms with Crippen molar-refractivity contribution in [1.82, 2.24) is 5.32 Å². The third-order valence-electron chi connectivity index (χ3n) is 1.63. The molecule has 0 radical (unpaired) electrons. The van der Waals surface area contributed by atoms with Gasteiger partial charge in [-0.15, -0.1) is 0 Å². The molecular formula is C10H14FNO2. The molecule has 4 heteroatoms. The minimum Gasteiger partial charge on any atom is -0.492 e. The molecule has 0 aromatic heterocycles. The summed E-state index contributed by atoms with van der Waals surface area (Å²) in [6.45, 7) is 1.76. The Hall–Kier alpha value is -1.13. The Balaban J connectivity index is 2.18. The average molecular weight is 199 g/mol. The van der Waals surface area contributed by atoms with Gasteiger partial charge in [-0.3, -0.25) is 0 Å². The van der Waals surface area contributed by atoms with E-state index < -0.39 is 0 Å². The zero-order valence-electron chi connectivity index (χ0n) is 7.87. The number of aliphatic hydroxyl groups excluding tert-OH is 1. The van der Waals surface area contributed by atoms with Gasteiger partial charge in [0, 0.05) is 19.2 Å². The van der Waals surface area contributed by atoms with Crippen LogP contribution in [0.2, 0.25) is 0 Å². The molecule has 3 nitrogen and oxygen atoms in total. The van der Waals surface area contributed by atoms with Crippen LogP contribution in [0.4, 0.5) is 4.39 Å². The second kappa shape index (κ2) is 6.34. The molecule has 0 amide bonds. The molecule has 1 rings (SSSR count). The minimum absolute atomic E-state index is 0.111. The highest BCUT2D eigenvalue weighted by Crippen LogP contribution is 2.11. The lowest BCUT2D eigenvalue weighted by atomic mass is 10.3. The van der Waals surface area contributed by atoms with Crippen LogP contribution in [0.1, 0.15) is 0 Å². The van der Waals surface area contributed by atoms with Gasteiger partial charge in [-0.1, -0.05) is 6.07 Å². The van der Waals surface area contributed by atoms with Crippen molar-refractivity contribution in [3.05, 3.63) is 30.1 Å². The standard InChI is InChI=1S/C10H14FNO2/c11-9-2-1-3-10(8-9)14-7-5-12-4-6-13/h1-3,8,12-13H,4-7H2. The summed E-state index contributed by atoms with van der Waals surface area (Å²) in [5, 5.41) is 11.4. The minimum atomic E-state index is -0.300. The number of nitrogens with one attached hydrogen (secondary N) is 1. The Kier molecular flexibility index (Phi) is 4.96. The first-order valence-electron chi connectivity index (χ1n) is 4.53. The molecule has 1 aromatic carbocycles. The van der Waals surface area contributed by atoms with Crippen LogP contribution < -0.4 is 10.1 Å². The van der Waals surface area contributed by atoms with Crippen molar-refractivity contribution >= 4 is 0 Å². The van der Waals surface area contributed by atoms with E-state index in [1.165, 1.54) is 12.1 Å². The van der Waals surface area contributed by atoms with Crippen LogP contribution in [0.5, 0.6) is 5.75 Å². The van der Waals surface area contributed by atoms with Gasteiger partial charge in [-0.2, -0.15) is 0 Å². The number of benzene rings is 1. The maximum Gasteiger partial charge on any atom is 0.126 e. The summed E-state index contributed by atoms with van der Waals surface area (Å²) in [7, 11) is 0. The summed E-state index contributed by atoms with van der Waals surface area (Å²) in [4.78, 5) is 0. The number of rotatable bonds is 6. The lowest BCUT2D eigenvalue weighted by molar-refractivity contribution is 0.275. The molecule has 14 heavy (non-hydrogen) atoms. The van der Waals surface area contributed by atoms with Gasteiger partial charge in [-0.05, 0) is 12.1 Å². The molecular weight excluding hydrogens is 185 g/mol. The van der Waals surface area contributed by atoms with Gasteiger partial charge in [0.25, 0.3) is 0 Å². The number of hydrogen-bond acceptors (Lipinski definition) is 3. The summed E-state index contributed by atoms with van der Waals surface area (Å²) in [5.74, 6) is 0.224. The van der Waals surface area contributed by atoms with Crippen LogP contribution in [0.25, 0.3) is 0 Å². The average Bonchev–Trinajstić information content (AvgIpc) is 2.18. The second-order valence-electron chi connectivity index (χ2n) is 2.78. The third kappa shape index (κ3) is 4.20. The normalized spacial score (nSPS) is 10.1. The first kappa shape index (κ1) is 10.9. The Bertz CT molecular complexity index is 268. The fourth-order valence-corrected chi connectivity index (χ4v) is 1.00. The predicted molar refractivity (Wildman–Crippen MR) is 51.9 cm³/mol. The fourth-order valence-electron chi connectivity index (χ4n) is 1.00. The van der Waals surface area contributed by atoms with Crippen LogP contribution in [0.15, 0.2) is 24.3 Å². The summed E-state index contributed by atoms with van der Waals surface area (Å²) in [6, 6.07) is 6.02. The highest BCUT2D eigenvalue weighted by molar-refractivity contribution is 5.22. The zero-order chi connectivity index (χ0) is 10.2. The van der Waals surface area contributed by atoms with E-state index in [0.717, 1.165) is 0 Å². The molecule has 0 spiro atoms. The Labute approximate surface area is 82.5 Å². The highest BCUT2D eigenvalue weighted by Gasteiger charge is 1.94. The van der Waals surface area contributed by atoms with Crippen LogP contribution in [-0.2, 0) is 0 Å². The molecule has 0 saturated heterocycles. The van der Waals surface area contributed by atoms with Gasteiger partial charge in [0.1, 0.15) is 18.2 Å². The quantitative estimate of drug-likeness (QED) is 0.665. The zero-order valence-corrected chi connectivity index (χ0v) is 7.87. The molecule has 0 aliphatic rings. The van der Waals surface area contributed by atoms with E-state index in [4.69, 9.17) is 9.84 Å². The first-order chi connectivity index (χ1) is 6.83. The molecule has 0 fully saturated rings. The maximum atomic E-state index is 12.7. The second-order valence-corrected chi connectivity index (χ2v) is 2.78. The van der Waals surface area contributed by atoms with E-state index in [1.807, 2.05) is 0 Å². The Morgan fingerprint density at radius 2 is 2.21 bits per heavy atom. The van der Waals surface area contributed by atoms with E-state index in [9.17, 15) is 4.39 Å². The summed E-state index contributed by atoms with van der Waals surface area (Å²) in [5.41, 5.74) is 0. The molecule has 1 aromatic rings. The van der Waals surface area contributed by atoms with Gasteiger partial charge < -0.3 is 15.2 Å². The van der Waals surface area contributed by atoms with Gasteiger partial charge in [0.2, 0.25) is 0 Å². The molecule has 0 bridgehead atoms. The summed E-state index contributed by atoms with van der Waals surface area (Å²) < 4.78 is 17.9. The number of aliphatic hydroxyl groups is 1. The maximum absolute atomic E-state index is 12.7. The molecule has 0 aliphatic heterocycles. The fraction of sp³-hybridized carbons (Fsp3) is 0.400. The third-order valence-corrected chi connectivity index (χ3v) is 1.63. The molecule has 0 aliphatic carbocycles. The first-order valence-corrected chi connectivity index (χ1v) is 4.53. The summed E-state index contributed by atoms with van der Waals surface area (Å²) >= 11 is 0. The van der Waals surface area contributed by atoms with Crippen LogP contribution in [0.3, 0.4) is 0 Å². The molecule has 0 atom stereocenters. The van der Waals surface area contributed by atoms with Crippen LogP contribution in [-0.4, -0.2) is 31.4 Å². The van der Waals surface area contributed by atoms with Gasteiger partial charge in [0.15, 0.2) is 0 Å². The number of halogens is 1. The van der Waals surface area contributed by atoms with E-state index in [2.05, 4.69) is 5.32 Å². The van der Waals surface area contributed by atoms with Gasteiger partial charge >= 0.3 is 0 Å². The van der Waals surface area contributed by atoms with Crippen molar-refractivity contribution in [1.29, 1.82) is 0 Å². The molecule has 0 saturated carbocycles. The van der Waals surface area contributed by atoms with Crippen molar-refractivity contribution in [3.63, 3.8) is 0 Å².